The zero-order chi connectivity index (χ0) is 8.15. The Balaban J connectivity index is 3.39. The molecule has 0 fully saturated rings. The van der Waals surface area contributed by atoms with Crippen molar-refractivity contribution in [1.29, 1.82) is 0 Å². The highest BCUT2D eigenvalue weighted by Gasteiger charge is 2.06. The van der Waals surface area contributed by atoms with Crippen molar-refractivity contribution in [3.05, 3.63) is 6.92 Å². The van der Waals surface area contributed by atoms with Crippen LogP contribution in [0.4, 0.5) is 0 Å². The number of nitrogens with one attached hydrogen (secondary N) is 1. The summed E-state index contributed by atoms with van der Waals surface area (Å²) in [5.74, 6) is 0.963. The molecule has 59 valence electrons. The highest BCUT2D eigenvalue weighted by atomic mass is 16.1. The average Bonchev–Trinajstić information content (AvgIpc) is 1.82. The van der Waals surface area contributed by atoms with Crippen molar-refractivity contribution in [3.8, 4) is 0 Å². The van der Waals surface area contributed by atoms with Gasteiger partial charge in [-0.2, -0.15) is 0 Å². The molecular weight excluding hydrogens is 126 g/mol. The standard InChI is InChI=1S/C8H16NO/c1-6(2)7(3)5-9-8(4)10/h6-7H,4-5H2,1-3H3,(H,9,10). The molecule has 1 atom stereocenters. The van der Waals surface area contributed by atoms with Crippen LogP contribution in [0.3, 0.4) is 0 Å². The summed E-state index contributed by atoms with van der Waals surface area (Å²) in [5.41, 5.74) is 0. The Morgan fingerprint density at radius 2 is 2.00 bits per heavy atom. The fraction of sp³-hybridized carbons (Fsp3) is 0.750. The van der Waals surface area contributed by atoms with Crippen LogP contribution in [0, 0.1) is 18.8 Å². The number of carbonyl (C=O) groups is 1. The molecular formula is C8H16NO. The molecule has 1 N–H and O–H groups in total. The lowest BCUT2D eigenvalue weighted by Gasteiger charge is -2.14. The van der Waals surface area contributed by atoms with Crippen LogP contribution in [-0.4, -0.2) is 12.5 Å². The third-order valence-corrected chi connectivity index (χ3v) is 1.76. The smallest absolute Gasteiger partial charge is 0.220 e. The molecule has 0 aliphatic rings. The van der Waals surface area contributed by atoms with Gasteiger partial charge < -0.3 is 5.32 Å². The molecule has 1 unspecified atom stereocenters. The molecule has 0 saturated heterocycles. The lowest BCUT2D eigenvalue weighted by atomic mass is 9.98. The molecule has 0 heterocycles. The summed E-state index contributed by atoms with van der Waals surface area (Å²) in [6.45, 7) is 10.3. The van der Waals surface area contributed by atoms with Gasteiger partial charge in [-0.25, -0.2) is 0 Å². The summed E-state index contributed by atoms with van der Waals surface area (Å²) in [6, 6.07) is 0. The van der Waals surface area contributed by atoms with Crippen molar-refractivity contribution in [3.63, 3.8) is 0 Å². The van der Waals surface area contributed by atoms with Gasteiger partial charge in [-0.05, 0) is 11.8 Å². The summed E-state index contributed by atoms with van der Waals surface area (Å²) in [7, 11) is 0. The van der Waals surface area contributed by atoms with Gasteiger partial charge in [0.2, 0.25) is 5.91 Å². The van der Waals surface area contributed by atoms with Crippen LogP contribution in [0.15, 0.2) is 0 Å². The summed E-state index contributed by atoms with van der Waals surface area (Å²) in [5, 5.41) is 2.68. The van der Waals surface area contributed by atoms with Crippen molar-refractivity contribution >= 4 is 5.91 Å². The molecule has 0 spiro atoms. The second-order valence-corrected chi connectivity index (χ2v) is 3.03. The lowest BCUT2D eigenvalue weighted by molar-refractivity contribution is -0.116. The monoisotopic (exact) mass is 142 g/mol. The summed E-state index contributed by atoms with van der Waals surface area (Å²) in [6.07, 6.45) is 0. The Kier molecular flexibility index (Phi) is 4.08. The van der Waals surface area contributed by atoms with Gasteiger partial charge in [-0.15, -0.1) is 0 Å². The molecule has 0 rings (SSSR count). The second-order valence-electron chi connectivity index (χ2n) is 3.03. The van der Waals surface area contributed by atoms with Crippen molar-refractivity contribution in [2.24, 2.45) is 11.8 Å². The second kappa shape index (κ2) is 4.31. The first-order chi connectivity index (χ1) is 4.54. The minimum atomic E-state index is -0.187. The van der Waals surface area contributed by atoms with E-state index in [0.717, 1.165) is 6.54 Å². The fourth-order valence-corrected chi connectivity index (χ4v) is 0.511. The van der Waals surface area contributed by atoms with Crippen LogP contribution in [0.25, 0.3) is 0 Å². The van der Waals surface area contributed by atoms with Gasteiger partial charge in [0, 0.05) is 13.5 Å². The molecule has 0 aliphatic heterocycles. The fourth-order valence-electron chi connectivity index (χ4n) is 0.511. The molecule has 2 heteroatoms. The molecule has 0 bridgehead atoms. The number of hydrogen-bond donors (Lipinski definition) is 1. The number of hydrogen-bond acceptors (Lipinski definition) is 1. The number of carbonyl (C=O) groups excluding carboxylic acids is 1. The van der Waals surface area contributed by atoms with E-state index in [1.165, 1.54) is 0 Å². The third-order valence-electron chi connectivity index (χ3n) is 1.76. The van der Waals surface area contributed by atoms with E-state index in [-0.39, 0.29) is 5.91 Å². The highest BCUT2D eigenvalue weighted by Crippen LogP contribution is 2.06. The van der Waals surface area contributed by atoms with Gasteiger partial charge in [-0.3, -0.25) is 4.79 Å². The van der Waals surface area contributed by atoms with Crippen molar-refractivity contribution < 1.29 is 4.79 Å². The molecule has 1 radical (unpaired) electrons. The third kappa shape index (κ3) is 4.36. The SMILES string of the molecule is [CH2]C(=O)NCC(C)C(C)C. The minimum absolute atomic E-state index is 0.187. The van der Waals surface area contributed by atoms with Crippen LogP contribution < -0.4 is 5.32 Å². The van der Waals surface area contributed by atoms with Crippen LogP contribution >= 0.6 is 0 Å². The van der Waals surface area contributed by atoms with E-state index in [4.69, 9.17) is 0 Å². The zero-order valence-corrected chi connectivity index (χ0v) is 6.98. The van der Waals surface area contributed by atoms with E-state index in [9.17, 15) is 4.79 Å². The van der Waals surface area contributed by atoms with Crippen molar-refractivity contribution in [1.82, 2.24) is 5.32 Å². The molecule has 2 nitrogen and oxygen atoms in total. The predicted molar refractivity (Wildman–Crippen MR) is 42.4 cm³/mol. The quantitative estimate of drug-likeness (QED) is 0.631. The molecule has 10 heavy (non-hydrogen) atoms. The Morgan fingerprint density at radius 3 is 2.30 bits per heavy atom. The average molecular weight is 142 g/mol. The van der Waals surface area contributed by atoms with Gasteiger partial charge in [0.15, 0.2) is 0 Å². The van der Waals surface area contributed by atoms with Gasteiger partial charge >= 0.3 is 0 Å². The normalized spacial score (nSPS) is 13.3. The van der Waals surface area contributed by atoms with Crippen LogP contribution in [0.2, 0.25) is 0 Å². The van der Waals surface area contributed by atoms with Crippen LogP contribution in [-0.2, 0) is 4.79 Å². The Morgan fingerprint density at radius 1 is 1.50 bits per heavy atom. The lowest BCUT2D eigenvalue weighted by Crippen LogP contribution is -2.28. The maximum atomic E-state index is 10.3. The van der Waals surface area contributed by atoms with Gasteiger partial charge in [-0.1, -0.05) is 20.8 Å². The van der Waals surface area contributed by atoms with E-state index in [2.05, 4.69) is 33.0 Å². The van der Waals surface area contributed by atoms with E-state index >= 15 is 0 Å². The summed E-state index contributed by atoms with van der Waals surface area (Å²) < 4.78 is 0. The number of rotatable bonds is 3. The van der Waals surface area contributed by atoms with Gasteiger partial charge in [0.1, 0.15) is 0 Å². The van der Waals surface area contributed by atoms with E-state index < -0.39 is 0 Å². The molecule has 1 amide bonds. The molecule has 0 aromatic rings. The van der Waals surface area contributed by atoms with Gasteiger partial charge in [0.05, 0.1) is 0 Å². The topological polar surface area (TPSA) is 29.1 Å². The molecule has 0 aromatic carbocycles. The Bertz CT molecular complexity index is 110. The maximum Gasteiger partial charge on any atom is 0.220 e. The van der Waals surface area contributed by atoms with Gasteiger partial charge in [0.25, 0.3) is 0 Å². The highest BCUT2D eigenvalue weighted by molar-refractivity contribution is 5.79. The van der Waals surface area contributed by atoms with Crippen molar-refractivity contribution in [2.45, 2.75) is 20.8 Å². The van der Waals surface area contributed by atoms with E-state index in [0.29, 0.717) is 11.8 Å². The van der Waals surface area contributed by atoms with Crippen LogP contribution in [0.1, 0.15) is 20.8 Å². The Hall–Kier alpha value is -0.530. The molecule has 0 saturated carbocycles. The van der Waals surface area contributed by atoms with Crippen molar-refractivity contribution in [2.75, 3.05) is 6.54 Å². The first-order valence-corrected chi connectivity index (χ1v) is 3.63. The molecule has 0 aliphatic carbocycles. The molecule has 0 aromatic heterocycles. The van der Waals surface area contributed by atoms with E-state index in [1.54, 1.807) is 0 Å². The van der Waals surface area contributed by atoms with E-state index in [1.807, 2.05) is 0 Å². The van der Waals surface area contributed by atoms with Crippen LogP contribution in [0.5, 0.6) is 0 Å². The zero-order valence-electron chi connectivity index (χ0n) is 6.98. The maximum absolute atomic E-state index is 10.3. The minimum Gasteiger partial charge on any atom is -0.356 e. The largest absolute Gasteiger partial charge is 0.356 e. The predicted octanol–water partition coefficient (Wildman–Crippen LogP) is 1.23. The first-order valence-electron chi connectivity index (χ1n) is 3.63. The first kappa shape index (κ1) is 9.47. The Labute approximate surface area is 63.0 Å². The number of amides is 1. The summed E-state index contributed by atoms with van der Waals surface area (Å²) in [4.78, 5) is 10.3. The summed E-state index contributed by atoms with van der Waals surface area (Å²) >= 11 is 0.